The summed E-state index contributed by atoms with van der Waals surface area (Å²) in [7, 11) is 1.95. The summed E-state index contributed by atoms with van der Waals surface area (Å²) in [6.45, 7) is 0.944. The van der Waals surface area contributed by atoms with Crippen molar-refractivity contribution >= 4 is 0 Å². The second-order valence-electron chi connectivity index (χ2n) is 3.14. The van der Waals surface area contributed by atoms with Crippen molar-refractivity contribution < 1.29 is 5.48 Å². The fraction of sp³-hybridized carbons (Fsp3) is 0.500. The zero-order valence-electron chi connectivity index (χ0n) is 11.1. The first kappa shape index (κ1) is 4.38. The van der Waals surface area contributed by atoms with Gasteiger partial charge in [0.15, 0.2) is 0 Å². The molecule has 0 N–H and O–H groups in total. The Morgan fingerprint density at radius 2 is 2.67 bits per heavy atom. The lowest BCUT2D eigenvalue weighted by molar-refractivity contribution is 0.317. The van der Waals surface area contributed by atoms with Crippen molar-refractivity contribution in [3.05, 3.63) is 30.0 Å². The van der Waals surface area contributed by atoms with Gasteiger partial charge in [0.2, 0.25) is 0 Å². The van der Waals surface area contributed by atoms with Gasteiger partial charge in [0.1, 0.15) is 0 Å². The van der Waals surface area contributed by atoms with Crippen molar-refractivity contribution in [2.75, 3.05) is 13.6 Å². The third kappa shape index (κ3) is 1.34. The topological polar surface area (TPSA) is 16.1 Å². The van der Waals surface area contributed by atoms with Crippen molar-refractivity contribution in [3.8, 4) is 0 Å². The fourth-order valence-corrected chi connectivity index (χ4v) is 1.67. The molecule has 2 heterocycles. The molecule has 1 atom stereocenters. The van der Waals surface area contributed by atoms with Crippen molar-refractivity contribution in [3.63, 3.8) is 0 Å². The van der Waals surface area contributed by atoms with Crippen LogP contribution in [0.4, 0.5) is 0 Å². The van der Waals surface area contributed by atoms with Crippen LogP contribution < -0.4 is 0 Å². The van der Waals surface area contributed by atoms with Gasteiger partial charge in [-0.1, -0.05) is 6.04 Å². The second-order valence-corrected chi connectivity index (χ2v) is 3.14. The molecule has 2 rings (SSSR count). The van der Waals surface area contributed by atoms with Crippen LogP contribution in [0.1, 0.15) is 29.9 Å². The van der Waals surface area contributed by atoms with Gasteiger partial charge in [-0.15, -0.1) is 0 Å². The van der Waals surface area contributed by atoms with Crippen molar-refractivity contribution in [2.24, 2.45) is 0 Å². The normalized spacial score (nSPS) is 29.2. The summed E-state index contributed by atoms with van der Waals surface area (Å²) in [6, 6.07) is -0.174. The molecule has 2 heteroatoms. The maximum Gasteiger partial charge on any atom is 0.0843 e. The minimum Gasteiger partial charge on any atom is -0.299 e. The molecule has 0 amide bonds. The highest BCUT2D eigenvalue weighted by Gasteiger charge is 2.21. The van der Waals surface area contributed by atoms with E-state index >= 15 is 0 Å². The summed E-state index contributed by atoms with van der Waals surface area (Å²) in [4.78, 5) is 5.79. The maximum atomic E-state index is 7.84. The third-order valence-electron chi connectivity index (χ3n) is 2.34. The molecule has 0 spiro atoms. The second kappa shape index (κ2) is 3.23. The lowest BCUT2D eigenvalue weighted by Gasteiger charge is -2.18. The fourth-order valence-electron chi connectivity index (χ4n) is 1.67. The lowest BCUT2D eigenvalue weighted by Crippen LogP contribution is -2.17. The van der Waals surface area contributed by atoms with Gasteiger partial charge in [0.25, 0.3) is 0 Å². The van der Waals surface area contributed by atoms with E-state index in [-0.39, 0.29) is 30.5 Å². The molecule has 1 aromatic heterocycles. The molecule has 1 aliphatic heterocycles. The Balaban J connectivity index is 2.52. The Morgan fingerprint density at radius 3 is 3.42 bits per heavy atom. The minimum atomic E-state index is -0.278. The molecule has 0 radical (unpaired) electrons. The van der Waals surface area contributed by atoms with E-state index in [4.69, 9.17) is 5.48 Å². The van der Waals surface area contributed by atoms with E-state index < -0.39 is 0 Å². The number of hydrogen-bond donors (Lipinski definition) is 0. The van der Waals surface area contributed by atoms with E-state index in [0.717, 1.165) is 19.4 Å². The monoisotopic (exact) mass is 166 g/mol. The van der Waals surface area contributed by atoms with Crippen molar-refractivity contribution in [2.45, 2.75) is 18.9 Å². The van der Waals surface area contributed by atoms with Crippen LogP contribution in [-0.2, 0) is 0 Å². The van der Waals surface area contributed by atoms with Crippen LogP contribution in [0.25, 0.3) is 0 Å². The summed E-state index contributed by atoms with van der Waals surface area (Å²) in [5, 5.41) is 0. The highest BCUT2D eigenvalue weighted by atomic mass is 15.1. The van der Waals surface area contributed by atoms with Crippen LogP contribution in [-0.4, -0.2) is 23.5 Å². The smallest absolute Gasteiger partial charge is 0.0843 e. The molecule has 1 aromatic rings. The van der Waals surface area contributed by atoms with Crippen LogP contribution in [0.3, 0.4) is 0 Å². The number of hydrogen-bond acceptors (Lipinski definition) is 2. The summed E-state index contributed by atoms with van der Waals surface area (Å²) in [6.07, 6.45) is 1.63. The Kier molecular flexibility index (Phi) is 1.18. The maximum absolute atomic E-state index is 7.84. The van der Waals surface area contributed by atoms with Crippen LogP contribution in [0.5, 0.6) is 0 Å². The molecular formula is C10H14N2. The lowest BCUT2D eigenvalue weighted by atomic mass is 10.1. The molecule has 0 saturated carbocycles. The summed E-state index contributed by atoms with van der Waals surface area (Å²) < 4.78 is 30.5. The zero-order chi connectivity index (χ0) is 11.9. The first-order valence-electron chi connectivity index (χ1n) is 6.17. The molecule has 0 aliphatic carbocycles. The molecule has 12 heavy (non-hydrogen) atoms. The van der Waals surface area contributed by atoms with Crippen LogP contribution >= 0.6 is 0 Å². The van der Waals surface area contributed by atoms with E-state index in [1.807, 2.05) is 7.05 Å². The van der Waals surface area contributed by atoms with Crippen molar-refractivity contribution in [1.82, 2.24) is 9.88 Å². The van der Waals surface area contributed by atoms with Crippen molar-refractivity contribution in [1.29, 1.82) is 0 Å². The SMILES string of the molecule is [2H]c1nc([2H])c([C@H]2CCCN2C)c([2H])c1[2H]. The van der Waals surface area contributed by atoms with Gasteiger partial charge in [-0.3, -0.25) is 9.88 Å². The van der Waals surface area contributed by atoms with Gasteiger partial charge in [0.05, 0.1) is 5.48 Å². The predicted molar refractivity (Wildman–Crippen MR) is 48.8 cm³/mol. The highest BCUT2D eigenvalue weighted by Crippen LogP contribution is 2.29. The Bertz CT molecular complexity index is 422. The minimum absolute atomic E-state index is 0.0104. The van der Waals surface area contributed by atoms with E-state index in [1.54, 1.807) is 0 Å². The molecule has 1 aliphatic rings. The first-order chi connectivity index (χ1) is 7.52. The van der Waals surface area contributed by atoms with Gasteiger partial charge >= 0.3 is 0 Å². The predicted octanol–water partition coefficient (Wildman–Crippen LogP) is 1.85. The molecular weight excluding hydrogens is 148 g/mol. The summed E-state index contributed by atoms with van der Waals surface area (Å²) >= 11 is 0. The molecule has 0 aromatic carbocycles. The van der Waals surface area contributed by atoms with E-state index in [0.29, 0.717) is 5.56 Å². The number of nitrogens with zero attached hydrogens (tertiary/aromatic N) is 2. The van der Waals surface area contributed by atoms with Crippen LogP contribution in [0.2, 0.25) is 0 Å². The summed E-state index contributed by atoms with van der Waals surface area (Å²) in [5.41, 5.74) is 0.501. The van der Waals surface area contributed by atoms with Gasteiger partial charge in [-0.2, -0.15) is 0 Å². The number of aromatic nitrogens is 1. The van der Waals surface area contributed by atoms with E-state index in [2.05, 4.69) is 9.88 Å². The number of likely N-dealkylation sites (tertiary alicyclic amines) is 1. The molecule has 2 nitrogen and oxygen atoms in total. The standard InChI is InChI=1S/C10H14N2/c1-12-7-3-5-10(12)9-4-2-6-11-8-9/h2,4,6,8,10H,3,5,7H2,1H3/t10-/m1/s1/i2D,4D,6D,8D. The van der Waals surface area contributed by atoms with Crippen LogP contribution in [0, 0.1) is 0 Å². The van der Waals surface area contributed by atoms with Gasteiger partial charge in [-0.25, -0.2) is 0 Å². The van der Waals surface area contributed by atoms with Gasteiger partial charge in [0, 0.05) is 18.4 Å². The first-order valence-corrected chi connectivity index (χ1v) is 4.17. The molecule has 64 valence electrons. The number of rotatable bonds is 1. The van der Waals surface area contributed by atoms with Gasteiger partial charge in [-0.05, 0) is 38.0 Å². The quantitative estimate of drug-likeness (QED) is 0.633. The van der Waals surface area contributed by atoms with Gasteiger partial charge < -0.3 is 0 Å². The third-order valence-corrected chi connectivity index (χ3v) is 2.34. The number of pyridine rings is 1. The Hall–Kier alpha value is -0.890. The zero-order valence-corrected chi connectivity index (χ0v) is 7.09. The Morgan fingerprint density at radius 1 is 1.75 bits per heavy atom. The molecule has 1 fully saturated rings. The van der Waals surface area contributed by atoms with Crippen LogP contribution in [0.15, 0.2) is 24.4 Å². The Labute approximate surface area is 78.8 Å². The molecule has 1 saturated heterocycles. The largest absolute Gasteiger partial charge is 0.299 e. The van der Waals surface area contributed by atoms with E-state index in [1.165, 1.54) is 0 Å². The highest BCUT2D eigenvalue weighted by molar-refractivity contribution is 5.14. The summed E-state index contributed by atoms with van der Waals surface area (Å²) in [5.74, 6) is 0. The average molecular weight is 166 g/mol. The van der Waals surface area contributed by atoms with E-state index in [9.17, 15) is 0 Å². The molecule has 0 unspecified atom stereocenters. The molecule has 0 bridgehead atoms. The average Bonchev–Trinajstić information content (AvgIpc) is 2.62.